The van der Waals surface area contributed by atoms with Gasteiger partial charge in [0, 0.05) is 64.6 Å². The third-order valence-corrected chi connectivity index (χ3v) is 4.77. The lowest BCUT2D eigenvalue weighted by atomic mass is 10.1. The number of piperazine rings is 1. The summed E-state index contributed by atoms with van der Waals surface area (Å²) in [4.78, 5) is 16.3. The van der Waals surface area contributed by atoms with Crippen LogP contribution in [0.25, 0.3) is 0 Å². The Morgan fingerprint density at radius 1 is 1.22 bits per heavy atom. The predicted molar refractivity (Wildman–Crippen MR) is 91.4 cm³/mol. The molecule has 0 aliphatic carbocycles. The lowest BCUT2D eigenvalue weighted by Gasteiger charge is -2.40. The van der Waals surface area contributed by atoms with Crippen LogP contribution in [0, 0.1) is 0 Å². The first-order valence-electron chi connectivity index (χ1n) is 8.61. The molecule has 2 aliphatic heterocycles. The Morgan fingerprint density at radius 2 is 1.96 bits per heavy atom. The van der Waals surface area contributed by atoms with Crippen LogP contribution in [0.2, 0.25) is 0 Å². The van der Waals surface area contributed by atoms with Crippen LogP contribution >= 0.6 is 0 Å². The molecule has 0 spiro atoms. The zero-order chi connectivity index (χ0) is 16.1. The van der Waals surface area contributed by atoms with Gasteiger partial charge >= 0.3 is 0 Å². The Labute approximate surface area is 138 Å². The van der Waals surface area contributed by atoms with Crippen LogP contribution in [0.4, 0.5) is 5.69 Å². The summed E-state index contributed by atoms with van der Waals surface area (Å²) >= 11 is 0. The molecule has 1 N–H and O–H groups in total. The first-order chi connectivity index (χ1) is 11.2. The molecule has 23 heavy (non-hydrogen) atoms. The summed E-state index contributed by atoms with van der Waals surface area (Å²) < 4.78 is 5.46. The number of hydrogen-bond acceptors (Lipinski definition) is 4. The quantitative estimate of drug-likeness (QED) is 0.922. The van der Waals surface area contributed by atoms with E-state index in [2.05, 4.69) is 27.2 Å². The summed E-state index contributed by atoms with van der Waals surface area (Å²) in [5, 5.41) is 2.85. The fourth-order valence-electron chi connectivity index (χ4n) is 3.55. The van der Waals surface area contributed by atoms with E-state index in [1.54, 1.807) is 6.92 Å². The smallest absolute Gasteiger partial charge is 0.221 e. The molecular weight excluding hydrogens is 290 g/mol. The highest BCUT2D eigenvalue weighted by molar-refractivity contribution is 5.88. The zero-order valence-electron chi connectivity index (χ0n) is 14.0. The minimum atomic E-state index is -0.0211. The second kappa shape index (κ2) is 7.90. The number of carbonyl (C=O) groups excluding carboxylic acids is 1. The number of carbonyl (C=O) groups is 1. The molecule has 2 heterocycles. The van der Waals surface area contributed by atoms with Crippen molar-refractivity contribution in [2.45, 2.75) is 32.4 Å². The van der Waals surface area contributed by atoms with E-state index in [0.29, 0.717) is 6.04 Å². The average molecular weight is 317 g/mol. The molecule has 2 aliphatic rings. The molecule has 0 aromatic heterocycles. The number of hydrogen-bond donors (Lipinski definition) is 1. The summed E-state index contributed by atoms with van der Waals surface area (Å²) in [5.74, 6) is -0.0211. The van der Waals surface area contributed by atoms with E-state index in [0.717, 1.165) is 51.6 Å². The van der Waals surface area contributed by atoms with Gasteiger partial charge in [0.2, 0.25) is 5.91 Å². The average Bonchev–Trinajstić information content (AvgIpc) is 2.56. The van der Waals surface area contributed by atoms with Gasteiger partial charge in [-0.1, -0.05) is 12.1 Å². The van der Waals surface area contributed by atoms with Gasteiger partial charge in [0.05, 0.1) is 0 Å². The van der Waals surface area contributed by atoms with E-state index in [1.165, 1.54) is 18.4 Å². The molecule has 1 aromatic rings. The summed E-state index contributed by atoms with van der Waals surface area (Å²) in [6, 6.07) is 8.88. The van der Waals surface area contributed by atoms with Crippen molar-refractivity contribution in [2.75, 3.05) is 44.7 Å². The van der Waals surface area contributed by atoms with Crippen LogP contribution in [0.15, 0.2) is 24.3 Å². The highest BCUT2D eigenvalue weighted by Gasteiger charge is 2.25. The molecule has 2 fully saturated rings. The first kappa shape index (κ1) is 16.4. The van der Waals surface area contributed by atoms with Crippen molar-refractivity contribution < 1.29 is 9.53 Å². The van der Waals surface area contributed by atoms with E-state index in [4.69, 9.17) is 4.74 Å². The monoisotopic (exact) mass is 317 g/mol. The van der Waals surface area contributed by atoms with Crippen molar-refractivity contribution in [3.8, 4) is 0 Å². The molecule has 5 nitrogen and oxygen atoms in total. The van der Waals surface area contributed by atoms with Crippen LogP contribution in [0.1, 0.15) is 25.3 Å². The molecule has 2 saturated heterocycles. The molecule has 1 amide bonds. The van der Waals surface area contributed by atoms with Gasteiger partial charge in [-0.2, -0.15) is 0 Å². The normalized spacial score (nSPS) is 21.3. The van der Waals surface area contributed by atoms with Crippen LogP contribution in [0.5, 0.6) is 0 Å². The molecule has 0 unspecified atom stereocenters. The van der Waals surface area contributed by atoms with Gasteiger partial charge < -0.3 is 10.1 Å². The minimum Gasteiger partial charge on any atom is -0.381 e. The second-order valence-electron chi connectivity index (χ2n) is 6.54. The molecule has 3 rings (SSSR count). The Hall–Kier alpha value is -1.43. The molecule has 0 radical (unpaired) electrons. The molecule has 1 aromatic carbocycles. The number of amides is 1. The standard InChI is InChI=1S/C18H27N3O2/c1-15(22)19-17-4-2-3-16(13-17)14-20-7-9-21(10-8-20)18-5-11-23-12-6-18/h2-4,13,18H,5-12,14H2,1H3,(H,19,22). The van der Waals surface area contributed by atoms with Crippen molar-refractivity contribution in [1.82, 2.24) is 9.80 Å². The van der Waals surface area contributed by atoms with Crippen LogP contribution in [0.3, 0.4) is 0 Å². The maximum absolute atomic E-state index is 11.2. The molecule has 5 heteroatoms. The number of nitrogens with one attached hydrogen (secondary N) is 1. The van der Waals surface area contributed by atoms with E-state index < -0.39 is 0 Å². The number of rotatable bonds is 4. The first-order valence-corrected chi connectivity index (χ1v) is 8.61. The maximum Gasteiger partial charge on any atom is 0.221 e. The summed E-state index contributed by atoms with van der Waals surface area (Å²) in [5.41, 5.74) is 2.15. The highest BCUT2D eigenvalue weighted by Crippen LogP contribution is 2.18. The SMILES string of the molecule is CC(=O)Nc1cccc(CN2CCN(C3CCOCC3)CC2)c1. The van der Waals surface area contributed by atoms with Crippen molar-refractivity contribution in [1.29, 1.82) is 0 Å². The van der Waals surface area contributed by atoms with E-state index in [-0.39, 0.29) is 5.91 Å². The number of benzene rings is 1. The van der Waals surface area contributed by atoms with Gasteiger partial charge in [-0.05, 0) is 30.5 Å². The number of nitrogens with zero attached hydrogens (tertiary/aromatic N) is 2. The molecular formula is C18H27N3O2. The van der Waals surface area contributed by atoms with Crippen molar-refractivity contribution >= 4 is 11.6 Å². The molecule has 0 atom stereocenters. The van der Waals surface area contributed by atoms with E-state index in [1.807, 2.05) is 12.1 Å². The highest BCUT2D eigenvalue weighted by atomic mass is 16.5. The largest absolute Gasteiger partial charge is 0.381 e. The topological polar surface area (TPSA) is 44.8 Å². The fraction of sp³-hybridized carbons (Fsp3) is 0.611. The fourth-order valence-corrected chi connectivity index (χ4v) is 3.55. The zero-order valence-corrected chi connectivity index (χ0v) is 14.0. The molecule has 0 bridgehead atoms. The summed E-state index contributed by atoms with van der Waals surface area (Å²) in [6.07, 6.45) is 2.36. The number of ether oxygens (including phenoxy) is 1. The lowest BCUT2D eigenvalue weighted by molar-refractivity contribution is -0.114. The van der Waals surface area contributed by atoms with Gasteiger partial charge in [-0.15, -0.1) is 0 Å². The van der Waals surface area contributed by atoms with E-state index >= 15 is 0 Å². The Kier molecular flexibility index (Phi) is 5.65. The van der Waals surface area contributed by atoms with Gasteiger partial charge in [0.1, 0.15) is 0 Å². The minimum absolute atomic E-state index is 0.0211. The van der Waals surface area contributed by atoms with Crippen LogP contribution < -0.4 is 5.32 Å². The van der Waals surface area contributed by atoms with Crippen molar-refractivity contribution in [2.24, 2.45) is 0 Å². The maximum atomic E-state index is 11.2. The predicted octanol–water partition coefficient (Wildman–Crippen LogP) is 1.94. The van der Waals surface area contributed by atoms with Crippen LogP contribution in [-0.2, 0) is 16.1 Å². The third-order valence-electron chi connectivity index (χ3n) is 4.77. The van der Waals surface area contributed by atoms with Gasteiger partial charge in [0.15, 0.2) is 0 Å². The van der Waals surface area contributed by atoms with Gasteiger partial charge in [-0.3, -0.25) is 14.6 Å². The van der Waals surface area contributed by atoms with Crippen molar-refractivity contribution in [3.63, 3.8) is 0 Å². The van der Waals surface area contributed by atoms with Crippen LogP contribution in [-0.4, -0.2) is 61.1 Å². The second-order valence-corrected chi connectivity index (χ2v) is 6.54. The number of anilines is 1. The summed E-state index contributed by atoms with van der Waals surface area (Å²) in [6.45, 7) is 8.86. The Bertz CT molecular complexity index is 521. The molecule has 126 valence electrons. The summed E-state index contributed by atoms with van der Waals surface area (Å²) in [7, 11) is 0. The lowest BCUT2D eigenvalue weighted by Crippen LogP contribution is -2.51. The van der Waals surface area contributed by atoms with Crippen molar-refractivity contribution in [3.05, 3.63) is 29.8 Å². The van der Waals surface area contributed by atoms with Gasteiger partial charge in [-0.25, -0.2) is 0 Å². The molecule has 0 saturated carbocycles. The third kappa shape index (κ3) is 4.77. The Morgan fingerprint density at radius 3 is 2.65 bits per heavy atom. The van der Waals surface area contributed by atoms with E-state index in [9.17, 15) is 4.79 Å². The van der Waals surface area contributed by atoms with Gasteiger partial charge in [0.25, 0.3) is 0 Å². The Balaban J connectivity index is 1.49.